The number of hydrogen-bond acceptors (Lipinski definition) is 3. The molecule has 1 heterocycles. The Hall–Kier alpha value is -1.93. The summed E-state index contributed by atoms with van der Waals surface area (Å²) in [7, 11) is -2.29. The zero-order chi connectivity index (χ0) is 20.1. The van der Waals surface area contributed by atoms with Crippen LogP contribution in [0.5, 0.6) is 0 Å². The first-order valence-electron chi connectivity index (χ1n) is 9.23. The Kier molecular flexibility index (Phi) is 6.72. The first-order chi connectivity index (χ1) is 13.4. The maximum absolute atomic E-state index is 12.6. The van der Waals surface area contributed by atoms with Crippen molar-refractivity contribution in [2.75, 3.05) is 39.8 Å². The van der Waals surface area contributed by atoms with Crippen molar-refractivity contribution in [1.29, 1.82) is 0 Å². The van der Waals surface area contributed by atoms with Crippen molar-refractivity contribution in [2.24, 2.45) is 0 Å². The summed E-state index contributed by atoms with van der Waals surface area (Å²) in [5.41, 5.74) is 1.28. The van der Waals surface area contributed by atoms with Gasteiger partial charge >= 0.3 is 0 Å². The summed E-state index contributed by atoms with van der Waals surface area (Å²) in [6.07, 6.45) is 0. The highest BCUT2D eigenvalue weighted by Gasteiger charge is 2.28. The number of likely N-dealkylation sites (N-methyl/N-ethyl adjacent to an activating group) is 1. The summed E-state index contributed by atoms with van der Waals surface area (Å²) in [6.45, 7) is 3.75. The molecule has 1 aliphatic heterocycles. The lowest BCUT2D eigenvalue weighted by Gasteiger charge is -2.33. The van der Waals surface area contributed by atoms with Crippen LogP contribution in [-0.4, -0.2) is 63.3 Å². The Morgan fingerprint density at radius 3 is 2.29 bits per heavy atom. The standard InChI is InChI=1S/C20H24ClN3O3S/c1-22(28(26,27)19-9-7-18(21)8-10-19)16-20(25)24-13-11-23(12-14-24)15-17-5-3-2-4-6-17/h2-10H,11-16H2,1H3/p+1. The van der Waals surface area contributed by atoms with Gasteiger partial charge in [0, 0.05) is 17.6 Å². The van der Waals surface area contributed by atoms with E-state index in [0.29, 0.717) is 18.1 Å². The van der Waals surface area contributed by atoms with Crippen LogP contribution < -0.4 is 4.90 Å². The van der Waals surface area contributed by atoms with Gasteiger partial charge in [0.05, 0.1) is 37.6 Å². The molecule has 0 saturated carbocycles. The fourth-order valence-corrected chi connectivity index (χ4v) is 4.54. The van der Waals surface area contributed by atoms with Gasteiger partial charge in [0.15, 0.2) is 0 Å². The van der Waals surface area contributed by atoms with Crippen LogP contribution in [-0.2, 0) is 21.4 Å². The molecule has 0 aromatic heterocycles. The molecule has 1 aliphatic rings. The number of carbonyl (C=O) groups is 1. The van der Waals surface area contributed by atoms with Crippen LogP contribution in [0.15, 0.2) is 59.5 Å². The lowest BCUT2D eigenvalue weighted by atomic mass is 10.2. The Bertz CT molecular complexity index is 896. The van der Waals surface area contributed by atoms with E-state index in [-0.39, 0.29) is 17.3 Å². The number of amides is 1. The van der Waals surface area contributed by atoms with Crippen LogP contribution in [0.3, 0.4) is 0 Å². The summed E-state index contributed by atoms with van der Waals surface area (Å²) < 4.78 is 26.3. The third-order valence-corrected chi connectivity index (χ3v) is 7.07. The molecule has 0 aliphatic carbocycles. The number of hydrogen-bond donors (Lipinski definition) is 1. The van der Waals surface area contributed by atoms with Gasteiger partial charge in [-0.15, -0.1) is 0 Å². The van der Waals surface area contributed by atoms with Gasteiger partial charge in [-0.25, -0.2) is 8.42 Å². The number of piperazine rings is 1. The predicted octanol–water partition coefficient (Wildman–Crippen LogP) is 0.888. The van der Waals surface area contributed by atoms with E-state index in [4.69, 9.17) is 11.6 Å². The average Bonchev–Trinajstić information content (AvgIpc) is 2.69. The zero-order valence-corrected chi connectivity index (χ0v) is 17.4. The Balaban J connectivity index is 1.53. The van der Waals surface area contributed by atoms with Crippen molar-refractivity contribution >= 4 is 27.5 Å². The number of benzene rings is 2. The van der Waals surface area contributed by atoms with Gasteiger partial charge in [0.2, 0.25) is 15.9 Å². The van der Waals surface area contributed by atoms with Crippen molar-refractivity contribution in [1.82, 2.24) is 9.21 Å². The molecule has 1 saturated heterocycles. The van der Waals surface area contributed by atoms with Gasteiger partial charge in [-0.1, -0.05) is 41.9 Å². The molecule has 1 fully saturated rings. The topological polar surface area (TPSA) is 62.1 Å². The maximum Gasteiger partial charge on any atom is 0.243 e. The molecule has 2 aromatic rings. The van der Waals surface area contributed by atoms with Gasteiger partial charge in [0.25, 0.3) is 0 Å². The molecule has 3 rings (SSSR count). The Morgan fingerprint density at radius 2 is 1.68 bits per heavy atom. The molecule has 0 atom stereocenters. The van der Waals surface area contributed by atoms with E-state index in [0.717, 1.165) is 23.9 Å². The molecule has 150 valence electrons. The molecule has 2 aromatic carbocycles. The van der Waals surface area contributed by atoms with Gasteiger partial charge in [-0.3, -0.25) is 4.79 Å². The summed E-state index contributed by atoms with van der Waals surface area (Å²) in [4.78, 5) is 15.9. The van der Waals surface area contributed by atoms with Crippen molar-refractivity contribution < 1.29 is 18.1 Å². The van der Waals surface area contributed by atoms with E-state index in [1.165, 1.54) is 41.8 Å². The summed E-state index contributed by atoms with van der Waals surface area (Å²) in [5, 5.41) is 0.466. The first-order valence-corrected chi connectivity index (χ1v) is 11.1. The smallest absolute Gasteiger partial charge is 0.243 e. The molecule has 0 spiro atoms. The molecule has 0 unspecified atom stereocenters. The molecule has 0 bridgehead atoms. The summed E-state index contributed by atoms with van der Waals surface area (Å²) in [6, 6.07) is 16.2. The van der Waals surface area contributed by atoms with E-state index in [1.807, 2.05) is 18.2 Å². The second-order valence-electron chi connectivity index (χ2n) is 7.01. The average molecular weight is 423 g/mol. The largest absolute Gasteiger partial charge is 0.330 e. The van der Waals surface area contributed by atoms with Crippen molar-refractivity contribution in [3.63, 3.8) is 0 Å². The van der Waals surface area contributed by atoms with Crippen LogP contribution in [0.2, 0.25) is 5.02 Å². The van der Waals surface area contributed by atoms with Crippen molar-refractivity contribution in [2.45, 2.75) is 11.4 Å². The normalized spacial score (nSPS) is 15.8. The minimum atomic E-state index is -3.72. The summed E-state index contributed by atoms with van der Waals surface area (Å²) in [5.74, 6) is -0.168. The molecular weight excluding hydrogens is 398 g/mol. The molecule has 1 amide bonds. The van der Waals surface area contributed by atoms with E-state index < -0.39 is 10.0 Å². The van der Waals surface area contributed by atoms with Gasteiger partial charge in [-0.2, -0.15) is 4.31 Å². The van der Waals surface area contributed by atoms with Gasteiger partial charge in [0.1, 0.15) is 6.54 Å². The fourth-order valence-electron chi connectivity index (χ4n) is 3.30. The van der Waals surface area contributed by atoms with Crippen LogP contribution >= 0.6 is 11.6 Å². The number of sulfonamides is 1. The van der Waals surface area contributed by atoms with Gasteiger partial charge < -0.3 is 9.80 Å². The maximum atomic E-state index is 12.6. The number of halogens is 1. The second kappa shape index (κ2) is 9.05. The third-order valence-electron chi connectivity index (χ3n) is 5.00. The number of rotatable bonds is 6. The SMILES string of the molecule is CN(CC(=O)N1CC[NH+](Cc2ccccc2)CC1)S(=O)(=O)c1ccc(Cl)cc1. The molecular formula is C20H25ClN3O3S+. The lowest BCUT2D eigenvalue weighted by molar-refractivity contribution is -0.917. The van der Waals surface area contributed by atoms with E-state index >= 15 is 0 Å². The predicted molar refractivity (Wildman–Crippen MR) is 109 cm³/mol. The van der Waals surface area contributed by atoms with Crippen LogP contribution in [0.25, 0.3) is 0 Å². The highest BCUT2D eigenvalue weighted by atomic mass is 35.5. The number of nitrogens with one attached hydrogen (secondary N) is 1. The molecule has 28 heavy (non-hydrogen) atoms. The number of nitrogens with zero attached hydrogens (tertiary/aromatic N) is 2. The number of quaternary nitrogens is 1. The second-order valence-corrected chi connectivity index (χ2v) is 9.49. The first kappa shape index (κ1) is 20.8. The quantitative estimate of drug-likeness (QED) is 0.752. The lowest BCUT2D eigenvalue weighted by Crippen LogP contribution is -3.13. The third kappa shape index (κ3) is 5.11. The summed E-state index contributed by atoms with van der Waals surface area (Å²) >= 11 is 5.82. The van der Waals surface area contributed by atoms with E-state index in [2.05, 4.69) is 12.1 Å². The minimum Gasteiger partial charge on any atom is -0.330 e. The van der Waals surface area contributed by atoms with E-state index in [1.54, 1.807) is 4.90 Å². The highest BCUT2D eigenvalue weighted by Crippen LogP contribution is 2.17. The van der Waals surface area contributed by atoms with Crippen molar-refractivity contribution in [3.05, 3.63) is 65.2 Å². The Morgan fingerprint density at radius 1 is 1.07 bits per heavy atom. The Labute approximate surface area is 171 Å². The zero-order valence-electron chi connectivity index (χ0n) is 15.8. The fraction of sp³-hybridized carbons (Fsp3) is 0.350. The van der Waals surface area contributed by atoms with Crippen LogP contribution in [0.1, 0.15) is 5.56 Å². The monoisotopic (exact) mass is 422 g/mol. The highest BCUT2D eigenvalue weighted by molar-refractivity contribution is 7.89. The molecule has 8 heteroatoms. The minimum absolute atomic E-state index is 0.129. The molecule has 1 N–H and O–H groups in total. The number of carbonyl (C=O) groups excluding carboxylic acids is 1. The van der Waals surface area contributed by atoms with Crippen molar-refractivity contribution in [3.8, 4) is 0 Å². The van der Waals surface area contributed by atoms with Gasteiger partial charge in [-0.05, 0) is 24.3 Å². The molecule has 6 nitrogen and oxygen atoms in total. The molecule has 0 radical (unpaired) electrons. The van der Waals surface area contributed by atoms with E-state index in [9.17, 15) is 13.2 Å². The van der Waals surface area contributed by atoms with Crippen LogP contribution in [0, 0.1) is 0 Å². The van der Waals surface area contributed by atoms with Crippen LogP contribution in [0.4, 0.5) is 0 Å².